The Morgan fingerprint density at radius 2 is 2.00 bits per heavy atom. The molecule has 84 valence electrons. The summed E-state index contributed by atoms with van der Waals surface area (Å²) in [5.74, 6) is 0. The van der Waals surface area contributed by atoms with Gasteiger partial charge >= 0.3 is 6.18 Å². The molecule has 15 heavy (non-hydrogen) atoms. The molecule has 6 heteroatoms. The minimum atomic E-state index is -4.70. The third kappa shape index (κ3) is 3.02. The average molecular weight is 220 g/mol. The fourth-order valence-electron chi connectivity index (χ4n) is 1.02. The van der Waals surface area contributed by atoms with Crippen LogP contribution in [0.15, 0.2) is 18.2 Å². The minimum absolute atomic E-state index is 0.167. The molecule has 4 N–H and O–H groups in total. The molecule has 0 aliphatic rings. The summed E-state index contributed by atoms with van der Waals surface area (Å²) in [6, 6.07) is 4.48. The van der Waals surface area contributed by atoms with Gasteiger partial charge in [0, 0.05) is 11.4 Å². The number of anilines is 2. The number of alkyl halides is 3. The van der Waals surface area contributed by atoms with Crippen molar-refractivity contribution in [1.82, 2.24) is 0 Å². The molecule has 0 aliphatic heterocycles. The first-order chi connectivity index (χ1) is 6.80. The first-order valence-electron chi connectivity index (χ1n) is 4.18. The van der Waals surface area contributed by atoms with Gasteiger partial charge in [0.05, 0.1) is 0 Å². The highest BCUT2D eigenvalue weighted by Gasteiger charge is 2.38. The van der Waals surface area contributed by atoms with E-state index in [1.165, 1.54) is 6.07 Å². The highest BCUT2D eigenvalue weighted by molar-refractivity contribution is 5.59. The molecule has 0 aromatic heterocycles. The van der Waals surface area contributed by atoms with E-state index >= 15 is 0 Å². The zero-order valence-electron chi connectivity index (χ0n) is 7.97. The van der Waals surface area contributed by atoms with Gasteiger partial charge in [0.15, 0.2) is 0 Å². The number of aryl methyl sites for hydroxylation is 1. The van der Waals surface area contributed by atoms with Crippen LogP contribution in [0, 0.1) is 6.92 Å². The number of nitrogens with one attached hydrogen (secondary N) is 1. The largest absolute Gasteiger partial charge is 0.433 e. The molecule has 3 nitrogen and oxygen atoms in total. The molecule has 0 saturated carbocycles. The van der Waals surface area contributed by atoms with Crippen LogP contribution in [-0.2, 0) is 0 Å². The quantitative estimate of drug-likeness (QED) is 0.526. The van der Waals surface area contributed by atoms with Crippen LogP contribution in [0.4, 0.5) is 24.5 Å². The van der Waals surface area contributed by atoms with Gasteiger partial charge in [-0.3, -0.25) is 0 Å². The predicted molar refractivity (Wildman–Crippen MR) is 51.3 cm³/mol. The first kappa shape index (κ1) is 11.6. The second kappa shape index (κ2) is 3.98. The Bertz CT molecular complexity index is 352. The topological polar surface area (TPSA) is 58.3 Å². The zero-order chi connectivity index (χ0) is 11.6. The SMILES string of the molecule is Cc1ccc(N)cc1NC(O)C(F)(F)F. The summed E-state index contributed by atoms with van der Waals surface area (Å²) in [7, 11) is 0. The van der Waals surface area contributed by atoms with E-state index in [9.17, 15) is 13.2 Å². The van der Waals surface area contributed by atoms with E-state index in [4.69, 9.17) is 10.8 Å². The van der Waals surface area contributed by atoms with Crippen molar-refractivity contribution >= 4 is 11.4 Å². The van der Waals surface area contributed by atoms with Gasteiger partial charge in [-0.1, -0.05) is 6.07 Å². The highest BCUT2D eigenvalue weighted by Crippen LogP contribution is 2.24. The second-order valence-electron chi connectivity index (χ2n) is 3.16. The van der Waals surface area contributed by atoms with E-state index in [-0.39, 0.29) is 5.69 Å². The first-order valence-corrected chi connectivity index (χ1v) is 4.18. The van der Waals surface area contributed by atoms with E-state index in [0.29, 0.717) is 11.3 Å². The number of hydrogen-bond acceptors (Lipinski definition) is 3. The minimum Gasteiger partial charge on any atom is -0.399 e. The monoisotopic (exact) mass is 220 g/mol. The molecule has 1 atom stereocenters. The lowest BCUT2D eigenvalue weighted by atomic mass is 10.2. The van der Waals surface area contributed by atoms with Gasteiger partial charge < -0.3 is 16.2 Å². The summed E-state index contributed by atoms with van der Waals surface area (Å²) in [4.78, 5) is 0. The molecule has 0 heterocycles. The maximum absolute atomic E-state index is 12.0. The Hall–Kier alpha value is -1.43. The van der Waals surface area contributed by atoms with Gasteiger partial charge in [0.2, 0.25) is 6.23 Å². The smallest absolute Gasteiger partial charge is 0.399 e. The second-order valence-corrected chi connectivity index (χ2v) is 3.16. The van der Waals surface area contributed by atoms with Crippen molar-refractivity contribution in [1.29, 1.82) is 0 Å². The number of halogens is 3. The van der Waals surface area contributed by atoms with Gasteiger partial charge in [0.25, 0.3) is 0 Å². The zero-order valence-corrected chi connectivity index (χ0v) is 7.97. The lowest BCUT2D eigenvalue weighted by molar-refractivity contribution is -0.194. The fraction of sp³-hybridized carbons (Fsp3) is 0.333. The maximum atomic E-state index is 12.0. The Kier molecular flexibility index (Phi) is 3.09. The van der Waals surface area contributed by atoms with Crippen molar-refractivity contribution in [3.63, 3.8) is 0 Å². The van der Waals surface area contributed by atoms with Crippen molar-refractivity contribution in [3.8, 4) is 0 Å². The molecule has 0 fully saturated rings. The Morgan fingerprint density at radius 1 is 1.40 bits per heavy atom. The van der Waals surface area contributed by atoms with Gasteiger partial charge in [0.1, 0.15) is 0 Å². The molecule has 0 bridgehead atoms. The lowest BCUT2D eigenvalue weighted by Crippen LogP contribution is -2.35. The molecular weight excluding hydrogens is 209 g/mol. The van der Waals surface area contributed by atoms with Crippen LogP contribution >= 0.6 is 0 Å². The van der Waals surface area contributed by atoms with Gasteiger partial charge in [-0.2, -0.15) is 13.2 Å². The van der Waals surface area contributed by atoms with E-state index in [2.05, 4.69) is 0 Å². The predicted octanol–water partition coefficient (Wildman–Crippen LogP) is 1.87. The fourth-order valence-corrected chi connectivity index (χ4v) is 1.02. The Balaban J connectivity index is 2.85. The van der Waals surface area contributed by atoms with E-state index in [0.717, 1.165) is 0 Å². The number of nitrogen functional groups attached to an aromatic ring is 1. The van der Waals surface area contributed by atoms with Crippen LogP contribution in [-0.4, -0.2) is 17.5 Å². The summed E-state index contributed by atoms with van der Waals surface area (Å²) in [6.45, 7) is 1.62. The van der Waals surface area contributed by atoms with Crippen molar-refractivity contribution in [2.24, 2.45) is 0 Å². The third-order valence-electron chi connectivity index (χ3n) is 1.86. The van der Waals surface area contributed by atoms with Crippen LogP contribution in [0.5, 0.6) is 0 Å². The molecule has 0 radical (unpaired) electrons. The van der Waals surface area contributed by atoms with Crippen LogP contribution < -0.4 is 11.1 Å². The molecule has 1 rings (SSSR count). The standard InChI is InChI=1S/C9H11F3N2O/c1-5-2-3-6(13)4-7(5)14-8(15)9(10,11)12/h2-4,8,14-15H,13H2,1H3. The van der Waals surface area contributed by atoms with Crippen molar-refractivity contribution in [2.75, 3.05) is 11.1 Å². The number of aliphatic hydroxyl groups excluding tert-OH is 1. The molecule has 0 aliphatic carbocycles. The van der Waals surface area contributed by atoms with Crippen molar-refractivity contribution in [3.05, 3.63) is 23.8 Å². The number of nitrogens with two attached hydrogens (primary N) is 1. The normalized spacial score (nSPS) is 13.7. The molecule has 0 saturated heterocycles. The summed E-state index contributed by atoms with van der Waals surface area (Å²) < 4.78 is 36.1. The molecular formula is C9H11F3N2O. The van der Waals surface area contributed by atoms with E-state index in [1.54, 1.807) is 19.1 Å². The van der Waals surface area contributed by atoms with E-state index in [1.807, 2.05) is 5.32 Å². The summed E-state index contributed by atoms with van der Waals surface area (Å²) in [5.41, 5.74) is 6.48. The number of aliphatic hydroxyl groups is 1. The van der Waals surface area contributed by atoms with Crippen LogP contribution in [0.3, 0.4) is 0 Å². The average Bonchev–Trinajstić information content (AvgIpc) is 2.09. The Labute approximate surface area is 84.7 Å². The summed E-state index contributed by atoms with van der Waals surface area (Å²) >= 11 is 0. The van der Waals surface area contributed by atoms with E-state index < -0.39 is 12.4 Å². The Morgan fingerprint density at radius 3 is 2.53 bits per heavy atom. The van der Waals surface area contributed by atoms with Gasteiger partial charge in [-0.05, 0) is 24.6 Å². The van der Waals surface area contributed by atoms with Gasteiger partial charge in [-0.25, -0.2) is 0 Å². The summed E-state index contributed by atoms with van der Waals surface area (Å²) in [6.07, 6.45) is -7.28. The van der Waals surface area contributed by atoms with Crippen LogP contribution in [0.1, 0.15) is 5.56 Å². The molecule has 0 spiro atoms. The molecule has 1 unspecified atom stereocenters. The van der Waals surface area contributed by atoms with Crippen molar-refractivity contribution in [2.45, 2.75) is 19.3 Å². The molecule has 1 aromatic carbocycles. The number of rotatable bonds is 2. The summed E-state index contributed by atoms with van der Waals surface area (Å²) in [5, 5.41) is 10.7. The lowest BCUT2D eigenvalue weighted by Gasteiger charge is -2.18. The third-order valence-corrected chi connectivity index (χ3v) is 1.86. The molecule has 1 aromatic rings. The molecule has 0 amide bonds. The van der Waals surface area contributed by atoms with Crippen molar-refractivity contribution < 1.29 is 18.3 Å². The number of hydrogen-bond donors (Lipinski definition) is 3. The number of benzene rings is 1. The van der Waals surface area contributed by atoms with Crippen LogP contribution in [0.25, 0.3) is 0 Å². The van der Waals surface area contributed by atoms with Gasteiger partial charge in [-0.15, -0.1) is 0 Å². The van der Waals surface area contributed by atoms with Crippen LogP contribution in [0.2, 0.25) is 0 Å². The maximum Gasteiger partial charge on any atom is 0.433 e. The highest BCUT2D eigenvalue weighted by atomic mass is 19.4.